The van der Waals surface area contributed by atoms with E-state index >= 15 is 0 Å². The Balaban J connectivity index is 1.80. The number of likely N-dealkylation sites (tertiary alicyclic amines) is 1. The minimum absolute atomic E-state index is 0.0159. The van der Waals surface area contributed by atoms with Crippen molar-refractivity contribution in [1.29, 1.82) is 0 Å². The minimum Gasteiger partial charge on any atom is -0.496 e. The number of hydrogen-bond acceptors (Lipinski definition) is 4. The molecule has 2 aromatic carbocycles. The summed E-state index contributed by atoms with van der Waals surface area (Å²) in [7, 11) is 3.34. The van der Waals surface area contributed by atoms with Crippen molar-refractivity contribution in [1.82, 2.24) is 4.90 Å². The molecule has 0 bridgehead atoms. The number of nitrogens with zero attached hydrogens (tertiary/aromatic N) is 1. The standard InChI is InChI=1S/C21H25NO4/c1-24-15-9-8-14-22-19(17-12-6-7-13-18(17)25-2)20(21(22)23)26-16-10-4-3-5-11-16/h3-7,10-13,19-20H,8-9,14-15H2,1-2H3. The SMILES string of the molecule is COCCCCN1C(=O)C(Oc2ccccc2)C1c1ccccc1OC. The number of rotatable bonds is 9. The van der Waals surface area contributed by atoms with Gasteiger partial charge >= 0.3 is 0 Å². The van der Waals surface area contributed by atoms with Gasteiger partial charge in [0, 0.05) is 25.8 Å². The Labute approximate surface area is 154 Å². The number of para-hydroxylation sites is 2. The highest BCUT2D eigenvalue weighted by Crippen LogP contribution is 2.41. The number of carbonyl (C=O) groups excluding carboxylic acids is 1. The highest BCUT2D eigenvalue weighted by molar-refractivity contribution is 5.89. The fraction of sp³-hybridized carbons (Fsp3) is 0.381. The zero-order valence-electron chi connectivity index (χ0n) is 15.3. The first-order valence-electron chi connectivity index (χ1n) is 8.90. The molecule has 1 aliphatic rings. The van der Waals surface area contributed by atoms with Gasteiger partial charge in [0.15, 0.2) is 0 Å². The molecule has 2 aromatic rings. The number of methoxy groups -OCH3 is 2. The van der Waals surface area contributed by atoms with Crippen LogP contribution in [0.25, 0.3) is 0 Å². The van der Waals surface area contributed by atoms with Crippen molar-refractivity contribution in [2.45, 2.75) is 25.0 Å². The summed E-state index contributed by atoms with van der Waals surface area (Å²) in [6, 6.07) is 17.1. The van der Waals surface area contributed by atoms with Crippen LogP contribution >= 0.6 is 0 Å². The van der Waals surface area contributed by atoms with Crippen molar-refractivity contribution in [3.63, 3.8) is 0 Å². The molecular weight excluding hydrogens is 330 g/mol. The maximum Gasteiger partial charge on any atom is 0.266 e. The molecule has 1 aliphatic heterocycles. The lowest BCUT2D eigenvalue weighted by Gasteiger charge is -2.47. The van der Waals surface area contributed by atoms with Gasteiger partial charge in [0.1, 0.15) is 17.5 Å². The van der Waals surface area contributed by atoms with Crippen molar-refractivity contribution in [3.05, 3.63) is 60.2 Å². The smallest absolute Gasteiger partial charge is 0.266 e. The van der Waals surface area contributed by atoms with Gasteiger partial charge in [-0.25, -0.2) is 0 Å². The van der Waals surface area contributed by atoms with E-state index in [1.54, 1.807) is 14.2 Å². The van der Waals surface area contributed by atoms with Gasteiger partial charge in [0.2, 0.25) is 6.10 Å². The number of ether oxygens (including phenoxy) is 3. The Morgan fingerprint density at radius 2 is 1.69 bits per heavy atom. The van der Waals surface area contributed by atoms with E-state index in [1.807, 2.05) is 59.5 Å². The monoisotopic (exact) mass is 355 g/mol. The van der Waals surface area contributed by atoms with Gasteiger partial charge in [-0.15, -0.1) is 0 Å². The zero-order chi connectivity index (χ0) is 18.4. The van der Waals surface area contributed by atoms with Gasteiger partial charge < -0.3 is 19.1 Å². The van der Waals surface area contributed by atoms with Crippen LogP contribution < -0.4 is 9.47 Å². The molecule has 0 radical (unpaired) electrons. The number of amides is 1. The molecule has 5 heteroatoms. The lowest BCUT2D eigenvalue weighted by atomic mass is 9.89. The molecule has 26 heavy (non-hydrogen) atoms. The summed E-state index contributed by atoms with van der Waals surface area (Å²) in [6.07, 6.45) is 1.28. The Kier molecular flexibility index (Phi) is 6.12. The number of carbonyl (C=O) groups is 1. The summed E-state index contributed by atoms with van der Waals surface area (Å²) in [5, 5.41) is 0. The molecule has 1 amide bonds. The maximum atomic E-state index is 12.7. The third kappa shape index (κ3) is 3.83. The lowest BCUT2D eigenvalue weighted by Crippen LogP contribution is -2.61. The predicted octanol–water partition coefficient (Wildman–Crippen LogP) is 3.45. The molecule has 0 aliphatic carbocycles. The molecule has 0 N–H and O–H groups in total. The van der Waals surface area contributed by atoms with E-state index in [0.29, 0.717) is 18.9 Å². The summed E-state index contributed by atoms with van der Waals surface area (Å²) >= 11 is 0. The molecule has 3 rings (SSSR count). The molecule has 1 fully saturated rings. The predicted molar refractivity (Wildman–Crippen MR) is 99.4 cm³/mol. The van der Waals surface area contributed by atoms with Crippen molar-refractivity contribution < 1.29 is 19.0 Å². The second-order valence-corrected chi connectivity index (χ2v) is 6.27. The van der Waals surface area contributed by atoms with Crippen LogP contribution in [0, 0.1) is 0 Å². The largest absolute Gasteiger partial charge is 0.496 e. The second-order valence-electron chi connectivity index (χ2n) is 6.27. The van der Waals surface area contributed by atoms with Gasteiger partial charge in [-0.05, 0) is 31.0 Å². The van der Waals surface area contributed by atoms with E-state index in [4.69, 9.17) is 14.2 Å². The summed E-state index contributed by atoms with van der Waals surface area (Å²) in [4.78, 5) is 14.6. The van der Waals surface area contributed by atoms with E-state index < -0.39 is 6.10 Å². The number of unbranched alkanes of at least 4 members (excludes halogenated alkanes) is 1. The average Bonchev–Trinajstić information content (AvgIpc) is 2.69. The molecule has 0 spiro atoms. The van der Waals surface area contributed by atoms with E-state index in [-0.39, 0.29) is 11.9 Å². The van der Waals surface area contributed by atoms with Crippen molar-refractivity contribution >= 4 is 5.91 Å². The number of hydrogen-bond donors (Lipinski definition) is 0. The molecule has 138 valence electrons. The van der Waals surface area contributed by atoms with Crippen LogP contribution in [-0.4, -0.2) is 44.3 Å². The Morgan fingerprint density at radius 1 is 0.962 bits per heavy atom. The first kappa shape index (κ1) is 18.3. The van der Waals surface area contributed by atoms with Crippen LogP contribution in [0.3, 0.4) is 0 Å². The summed E-state index contributed by atoms with van der Waals surface area (Å²) in [6.45, 7) is 1.38. The molecule has 1 heterocycles. The first-order chi connectivity index (χ1) is 12.8. The Morgan fingerprint density at radius 3 is 2.42 bits per heavy atom. The van der Waals surface area contributed by atoms with E-state index in [2.05, 4.69) is 0 Å². The molecule has 1 saturated heterocycles. The van der Waals surface area contributed by atoms with Crippen molar-refractivity contribution in [2.75, 3.05) is 27.4 Å². The molecule has 2 atom stereocenters. The van der Waals surface area contributed by atoms with E-state index in [0.717, 1.165) is 24.2 Å². The van der Waals surface area contributed by atoms with Crippen LogP contribution in [0.1, 0.15) is 24.4 Å². The highest BCUT2D eigenvalue weighted by Gasteiger charge is 2.50. The van der Waals surface area contributed by atoms with Crippen LogP contribution in [0.15, 0.2) is 54.6 Å². The third-order valence-corrected chi connectivity index (χ3v) is 4.61. The topological polar surface area (TPSA) is 48.0 Å². The Hall–Kier alpha value is -2.53. The quantitative estimate of drug-likeness (QED) is 0.511. The molecular formula is C21H25NO4. The summed E-state index contributed by atoms with van der Waals surface area (Å²) < 4.78 is 16.6. The van der Waals surface area contributed by atoms with E-state index in [9.17, 15) is 4.79 Å². The van der Waals surface area contributed by atoms with Crippen molar-refractivity contribution in [3.8, 4) is 11.5 Å². The molecule has 0 aromatic heterocycles. The third-order valence-electron chi connectivity index (χ3n) is 4.61. The number of β-lactam (4-membered cyclic amide) rings is 1. The van der Waals surface area contributed by atoms with Gasteiger partial charge in [0.25, 0.3) is 5.91 Å². The fourth-order valence-corrected chi connectivity index (χ4v) is 3.30. The Bertz CT molecular complexity index is 719. The molecule has 5 nitrogen and oxygen atoms in total. The maximum absolute atomic E-state index is 12.7. The highest BCUT2D eigenvalue weighted by atomic mass is 16.5. The first-order valence-corrected chi connectivity index (χ1v) is 8.90. The van der Waals surface area contributed by atoms with Gasteiger partial charge in [0.05, 0.1) is 7.11 Å². The van der Waals surface area contributed by atoms with E-state index in [1.165, 1.54) is 0 Å². The van der Waals surface area contributed by atoms with Crippen molar-refractivity contribution in [2.24, 2.45) is 0 Å². The average molecular weight is 355 g/mol. The van der Waals surface area contributed by atoms with Crippen LogP contribution in [0.5, 0.6) is 11.5 Å². The summed E-state index contributed by atoms with van der Waals surface area (Å²) in [5.74, 6) is 1.49. The van der Waals surface area contributed by atoms with Gasteiger partial charge in [-0.2, -0.15) is 0 Å². The van der Waals surface area contributed by atoms with Crippen LogP contribution in [0.2, 0.25) is 0 Å². The zero-order valence-corrected chi connectivity index (χ0v) is 15.3. The minimum atomic E-state index is -0.531. The second kappa shape index (κ2) is 8.72. The van der Waals surface area contributed by atoms with Crippen LogP contribution in [0.4, 0.5) is 0 Å². The fourth-order valence-electron chi connectivity index (χ4n) is 3.30. The van der Waals surface area contributed by atoms with Crippen LogP contribution in [-0.2, 0) is 9.53 Å². The van der Waals surface area contributed by atoms with Gasteiger partial charge in [-0.1, -0.05) is 36.4 Å². The molecule has 0 saturated carbocycles. The lowest BCUT2D eigenvalue weighted by molar-refractivity contribution is -0.164. The normalized spacial score (nSPS) is 19.2. The number of benzene rings is 2. The molecule has 2 unspecified atom stereocenters. The summed E-state index contributed by atoms with van der Waals surface area (Å²) in [5.41, 5.74) is 0.974. The van der Waals surface area contributed by atoms with Gasteiger partial charge in [-0.3, -0.25) is 4.79 Å².